The van der Waals surface area contributed by atoms with Crippen molar-refractivity contribution in [2.45, 2.75) is 57.9 Å². The van der Waals surface area contributed by atoms with Gasteiger partial charge in [-0.15, -0.1) is 11.3 Å². The fraction of sp³-hybridized carbons (Fsp3) is 0.429. The highest BCUT2D eigenvalue weighted by Crippen LogP contribution is 2.41. The molecule has 3 aromatic rings. The van der Waals surface area contributed by atoms with Crippen molar-refractivity contribution in [1.82, 2.24) is 14.8 Å². The van der Waals surface area contributed by atoms with Gasteiger partial charge in [0.15, 0.2) is 5.65 Å². The van der Waals surface area contributed by atoms with Gasteiger partial charge in [-0.2, -0.15) is 10.4 Å². The Hall–Kier alpha value is -2.72. The Morgan fingerprint density at radius 1 is 1.43 bits per heavy atom. The molecule has 0 atom stereocenters. The van der Waals surface area contributed by atoms with E-state index in [4.69, 9.17) is 4.98 Å². The van der Waals surface area contributed by atoms with Gasteiger partial charge < -0.3 is 5.32 Å². The molecule has 0 spiro atoms. The van der Waals surface area contributed by atoms with Crippen LogP contribution in [0.3, 0.4) is 0 Å². The summed E-state index contributed by atoms with van der Waals surface area (Å²) in [6, 6.07) is 4.21. The molecular formula is C21H21N5OS. The molecule has 0 aromatic carbocycles. The van der Waals surface area contributed by atoms with Gasteiger partial charge in [0, 0.05) is 23.0 Å². The van der Waals surface area contributed by atoms with Crippen molar-refractivity contribution < 1.29 is 4.79 Å². The summed E-state index contributed by atoms with van der Waals surface area (Å²) in [5, 5.41) is 18.5. The standard InChI is InChI=1S/C21H21N5OS/c1-2-8-26-19-16(11-23-26)14(9-17(24-19)12-6-7-12)20(27)25-21-15(10-22)13-4-3-5-18(13)28-21/h9,11-12H,2-8H2,1H3,(H,25,27). The fourth-order valence-corrected chi connectivity index (χ4v) is 5.23. The number of rotatable bonds is 5. The van der Waals surface area contributed by atoms with E-state index in [1.165, 1.54) is 4.88 Å². The number of carbonyl (C=O) groups is 1. The molecule has 7 heteroatoms. The maximum absolute atomic E-state index is 13.2. The molecule has 2 aliphatic rings. The summed E-state index contributed by atoms with van der Waals surface area (Å²) in [7, 11) is 0. The van der Waals surface area contributed by atoms with E-state index in [1.807, 2.05) is 10.7 Å². The van der Waals surface area contributed by atoms with Crippen LogP contribution in [0.1, 0.15) is 70.6 Å². The van der Waals surface area contributed by atoms with Crippen molar-refractivity contribution in [3.05, 3.63) is 39.5 Å². The zero-order chi connectivity index (χ0) is 19.3. The first-order valence-electron chi connectivity index (χ1n) is 9.92. The molecule has 6 nitrogen and oxygen atoms in total. The average Bonchev–Trinajstić information content (AvgIpc) is 3.19. The van der Waals surface area contributed by atoms with Crippen LogP contribution in [0.25, 0.3) is 11.0 Å². The van der Waals surface area contributed by atoms with Crippen LogP contribution in [0.2, 0.25) is 0 Å². The van der Waals surface area contributed by atoms with Gasteiger partial charge in [-0.05, 0) is 50.2 Å². The number of nitrogens with one attached hydrogen (secondary N) is 1. The van der Waals surface area contributed by atoms with E-state index in [9.17, 15) is 10.1 Å². The highest BCUT2D eigenvalue weighted by Gasteiger charge is 2.29. The van der Waals surface area contributed by atoms with E-state index in [0.29, 0.717) is 22.0 Å². The maximum atomic E-state index is 13.2. The van der Waals surface area contributed by atoms with Gasteiger partial charge >= 0.3 is 0 Å². The van der Waals surface area contributed by atoms with Crippen LogP contribution in [0.5, 0.6) is 0 Å². The van der Waals surface area contributed by atoms with E-state index in [2.05, 4.69) is 23.4 Å². The molecule has 2 aliphatic carbocycles. The van der Waals surface area contributed by atoms with Crippen molar-refractivity contribution in [2.75, 3.05) is 5.32 Å². The van der Waals surface area contributed by atoms with Gasteiger partial charge in [0.05, 0.1) is 22.7 Å². The van der Waals surface area contributed by atoms with Crippen molar-refractivity contribution in [3.8, 4) is 6.07 Å². The minimum atomic E-state index is -0.179. The van der Waals surface area contributed by atoms with E-state index in [0.717, 1.165) is 67.4 Å². The number of anilines is 1. The molecule has 3 aromatic heterocycles. The van der Waals surface area contributed by atoms with Crippen LogP contribution in [0.4, 0.5) is 5.00 Å². The summed E-state index contributed by atoms with van der Waals surface area (Å²) in [4.78, 5) is 19.3. The van der Waals surface area contributed by atoms with Crippen molar-refractivity contribution in [1.29, 1.82) is 5.26 Å². The summed E-state index contributed by atoms with van der Waals surface area (Å²) in [5.41, 5.74) is 4.12. The Morgan fingerprint density at radius 2 is 2.29 bits per heavy atom. The molecule has 1 fully saturated rings. The number of carbonyl (C=O) groups excluding carboxylic acids is 1. The zero-order valence-corrected chi connectivity index (χ0v) is 16.6. The topological polar surface area (TPSA) is 83.6 Å². The lowest BCUT2D eigenvalue weighted by molar-refractivity contribution is 0.102. The Balaban J connectivity index is 1.55. The quantitative estimate of drug-likeness (QED) is 0.699. The van der Waals surface area contributed by atoms with Gasteiger partial charge in [0.25, 0.3) is 5.91 Å². The molecule has 1 amide bonds. The largest absolute Gasteiger partial charge is 0.312 e. The van der Waals surface area contributed by atoms with Crippen LogP contribution in [-0.2, 0) is 19.4 Å². The van der Waals surface area contributed by atoms with E-state index in [-0.39, 0.29) is 5.91 Å². The predicted octanol–water partition coefficient (Wildman–Crippen LogP) is 4.39. The number of hydrogen-bond donors (Lipinski definition) is 1. The Morgan fingerprint density at radius 3 is 3.04 bits per heavy atom. The highest BCUT2D eigenvalue weighted by atomic mass is 32.1. The van der Waals surface area contributed by atoms with Gasteiger partial charge in [-0.25, -0.2) is 9.67 Å². The van der Waals surface area contributed by atoms with Crippen molar-refractivity contribution in [2.24, 2.45) is 0 Å². The molecule has 1 N–H and O–H groups in total. The second-order valence-electron chi connectivity index (χ2n) is 7.60. The third kappa shape index (κ3) is 2.80. The lowest BCUT2D eigenvalue weighted by Crippen LogP contribution is -2.13. The number of hydrogen-bond acceptors (Lipinski definition) is 5. The molecule has 28 heavy (non-hydrogen) atoms. The minimum absolute atomic E-state index is 0.179. The molecule has 142 valence electrons. The lowest BCUT2D eigenvalue weighted by atomic mass is 10.1. The second-order valence-corrected chi connectivity index (χ2v) is 8.71. The summed E-state index contributed by atoms with van der Waals surface area (Å²) in [6.45, 7) is 2.88. The SMILES string of the molecule is CCCn1ncc2c(C(=O)Nc3sc4c(c3C#N)CCC4)cc(C3CC3)nc21. The highest BCUT2D eigenvalue weighted by molar-refractivity contribution is 7.16. The maximum Gasteiger partial charge on any atom is 0.257 e. The normalized spacial score (nSPS) is 15.6. The summed E-state index contributed by atoms with van der Waals surface area (Å²) < 4.78 is 1.89. The first-order valence-corrected chi connectivity index (χ1v) is 10.7. The number of amides is 1. The number of nitriles is 1. The lowest BCUT2D eigenvalue weighted by Gasteiger charge is -2.09. The average molecular weight is 392 g/mol. The Labute approximate surface area is 167 Å². The number of fused-ring (bicyclic) bond motifs is 2. The third-order valence-corrected chi connectivity index (χ3v) is 6.77. The fourth-order valence-electron chi connectivity index (χ4n) is 4.00. The molecular weight excluding hydrogens is 370 g/mol. The van der Waals surface area contributed by atoms with Crippen LogP contribution in [0, 0.1) is 11.3 Å². The predicted molar refractivity (Wildman–Crippen MR) is 109 cm³/mol. The second kappa shape index (κ2) is 6.71. The summed E-state index contributed by atoms with van der Waals surface area (Å²) in [6.07, 6.45) is 7.97. The molecule has 0 saturated heterocycles. The summed E-state index contributed by atoms with van der Waals surface area (Å²) in [5.74, 6) is 0.267. The van der Waals surface area contributed by atoms with Crippen LogP contribution < -0.4 is 5.32 Å². The number of aryl methyl sites for hydroxylation is 2. The Kier molecular flexibility index (Phi) is 4.17. The number of thiophene rings is 1. The zero-order valence-electron chi connectivity index (χ0n) is 15.8. The number of pyridine rings is 1. The van der Waals surface area contributed by atoms with E-state index < -0.39 is 0 Å². The van der Waals surface area contributed by atoms with Crippen molar-refractivity contribution in [3.63, 3.8) is 0 Å². The van der Waals surface area contributed by atoms with Gasteiger partial charge in [-0.3, -0.25) is 4.79 Å². The van der Waals surface area contributed by atoms with Gasteiger partial charge in [0.1, 0.15) is 11.1 Å². The molecule has 3 heterocycles. The molecule has 0 unspecified atom stereocenters. The van der Waals surface area contributed by atoms with Gasteiger partial charge in [0.2, 0.25) is 0 Å². The molecule has 0 aliphatic heterocycles. The Bertz CT molecular complexity index is 1130. The van der Waals surface area contributed by atoms with E-state index >= 15 is 0 Å². The minimum Gasteiger partial charge on any atom is -0.312 e. The van der Waals surface area contributed by atoms with Gasteiger partial charge in [-0.1, -0.05) is 6.92 Å². The third-order valence-electron chi connectivity index (χ3n) is 5.56. The molecule has 0 bridgehead atoms. The first-order chi connectivity index (χ1) is 13.7. The first kappa shape index (κ1) is 17.4. The van der Waals surface area contributed by atoms with Crippen molar-refractivity contribution >= 4 is 33.3 Å². The smallest absolute Gasteiger partial charge is 0.257 e. The molecule has 5 rings (SSSR count). The van der Waals surface area contributed by atoms with Crippen LogP contribution >= 0.6 is 11.3 Å². The van der Waals surface area contributed by atoms with Crippen LogP contribution in [-0.4, -0.2) is 20.7 Å². The number of nitrogens with zero attached hydrogens (tertiary/aromatic N) is 4. The number of aromatic nitrogens is 3. The molecule has 0 radical (unpaired) electrons. The van der Waals surface area contributed by atoms with E-state index in [1.54, 1.807) is 17.5 Å². The summed E-state index contributed by atoms with van der Waals surface area (Å²) >= 11 is 1.55. The van der Waals surface area contributed by atoms with Crippen LogP contribution in [0.15, 0.2) is 12.3 Å². The monoisotopic (exact) mass is 391 g/mol. The molecule has 1 saturated carbocycles.